The summed E-state index contributed by atoms with van der Waals surface area (Å²) in [6.07, 6.45) is 10.9. The Morgan fingerprint density at radius 2 is 1.85 bits per heavy atom. The first kappa shape index (κ1) is 9.27. The third kappa shape index (κ3) is 2.31. The average molecular weight is 174 g/mol. The van der Waals surface area contributed by atoms with Gasteiger partial charge in [0.25, 0.3) is 0 Å². The standard InChI is InChI=1S/C10H10N2O/c11-7-9(10(12)13)8-5-3-1-2-4-6-8/h1-6,8-9H,(H2,12,13). The maximum atomic E-state index is 10.9. The molecule has 0 aliphatic heterocycles. The van der Waals surface area contributed by atoms with Crippen molar-refractivity contribution in [2.45, 2.75) is 0 Å². The Hall–Kier alpha value is -1.82. The summed E-state index contributed by atoms with van der Waals surface area (Å²) in [5, 5.41) is 8.70. The molecule has 0 radical (unpaired) electrons. The summed E-state index contributed by atoms with van der Waals surface area (Å²) in [6, 6.07) is 1.89. The molecule has 3 nitrogen and oxygen atoms in total. The van der Waals surface area contributed by atoms with Gasteiger partial charge in [0, 0.05) is 5.92 Å². The van der Waals surface area contributed by atoms with Gasteiger partial charge in [-0.05, 0) is 0 Å². The summed E-state index contributed by atoms with van der Waals surface area (Å²) in [5.74, 6) is -1.56. The number of nitrogens with zero attached hydrogens (tertiary/aromatic N) is 1. The van der Waals surface area contributed by atoms with Gasteiger partial charge in [0.1, 0.15) is 5.92 Å². The van der Waals surface area contributed by atoms with Crippen LogP contribution in [0.4, 0.5) is 0 Å². The number of allylic oxidation sites excluding steroid dienone is 6. The van der Waals surface area contributed by atoms with E-state index < -0.39 is 11.8 Å². The van der Waals surface area contributed by atoms with E-state index in [0.29, 0.717) is 0 Å². The van der Waals surface area contributed by atoms with Crippen molar-refractivity contribution in [3.05, 3.63) is 36.5 Å². The Bertz CT molecular complexity index is 304. The highest BCUT2D eigenvalue weighted by molar-refractivity contribution is 5.80. The molecule has 0 saturated heterocycles. The van der Waals surface area contributed by atoms with Crippen LogP contribution < -0.4 is 5.73 Å². The van der Waals surface area contributed by atoms with Crippen LogP contribution in [0.5, 0.6) is 0 Å². The summed E-state index contributed by atoms with van der Waals surface area (Å²) in [7, 11) is 0. The molecule has 0 spiro atoms. The van der Waals surface area contributed by atoms with Crippen molar-refractivity contribution >= 4 is 5.91 Å². The summed E-state index contributed by atoms with van der Waals surface area (Å²) >= 11 is 0. The Kier molecular flexibility index (Phi) is 3.04. The summed E-state index contributed by atoms with van der Waals surface area (Å²) in [5.41, 5.74) is 5.08. The van der Waals surface area contributed by atoms with E-state index in [1.54, 1.807) is 24.3 Å². The van der Waals surface area contributed by atoms with Crippen LogP contribution in [0.1, 0.15) is 0 Å². The SMILES string of the molecule is N#CC(C(N)=O)C1C=CC=CC=C1. The maximum absolute atomic E-state index is 10.9. The molecule has 13 heavy (non-hydrogen) atoms. The zero-order valence-corrected chi connectivity index (χ0v) is 7.05. The van der Waals surface area contributed by atoms with E-state index in [0.717, 1.165) is 0 Å². The fourth-order valence-electron chi connectivity index (χ4n) is 1.14. The molecule has 1 rings (SSSR count). The monoisotopic (exact) mass is 174 g/mol. The van der Waals surface area contributed by atoms with Gasteiger partial charge in [-0.15, -0.1) is 0 Å². The Balaban J connectivity index is 2.82. The molecular formula is C10H10N2O. The van der Waals surface area contributed by atoms with Gasteiger partial charge in [-0.25, -0.2) is 0 Å². The summed E-state index contributed by atoms with van der Waals surface area (Å²) in [6.45, 7) is 0. The Labute approximate surface area is 76.8 Å². The quantitative estimate of drug-likeness (QED) is 0.676. The van der Waals surface area contributed by atoms with E-state index in [2.05, 4.69) is 0 Å². The Morgan fingerprint density at radius 1 is 1.31 bits per heavy atom. The minimum atomic E-state index is -0.771. The summed E-state index contributed by atoms with van der Waals surface area (Å²) < 4.78 is 0. The van der Waals surface area contributed by atoms with Crippen molar-refractivity contribution in [1.29, 1.82) is 5.26 Å². The highest BCUT2D eigenvalue weighted by Gasteiger charge is 2.21. The van der Waals surface area contributed by atoms with E-state index in [9.17, 15) is 4.79 Å². The number of amides is 1. The van der Waals surface area contributed by atoms with Crippen molar-refractivity contribution in [1.82, 2.24) is 0 Å². The lowest BCUT2D eigenvalue weighted by Gasteiger charge is -2.09. The topological polar surface area (TPSA) is 66.9 Å². The van der Waals surface area contributed by atoms with Crippen molar-refractivity contribution in [2.24, 2.45) is 17.6 Å². The van der Waals surface area contributed by atoms with Crippen molar-refractivity contribution in [3.63, 3.8) is 0 Å². The van der Waals surface area contributed by atoms with Crippen molar-refractivity contribution in [2.75, 3.05) is 0 Å². The van der Waals surface area contributed by atoms with Crippen LogP contribution in [0.15, 0.2) is 36.5 Å². The summed E-state index contributed by atoms with van der Waals surface area (Å²) in [4.78, 5) is 10.9. The molecular weight excluding hydrogens is 164 g/mol. The van der Waals surface area contributed by atoms with Crippen molar-refractivity contribution < 1.29 is 4.79 Å². The smallest absolute Gasteiger partial charge is 0.235 e. The number of carbonyl (C=O) groups is 1. The molecule has 1 aliphatic rings. The maximum Gasteiger partial charge on any atom is 0.235 e. The average Bonchev–Trinajstić information content (AvgIpc) is 2.33. The van der Waals surface area contributed by atoms with Gasteiger partial charge in [0.05, 0.1) is 6.07 Å². The number of nitriles is 1. The number of hydrogen-bond donors (Lipinski definition) is 1. The number of hydrogen-bond acceptors (Lipinski definition) is 2. The van der Waals surface area contributed by atoms with Crippen LogP contribution in [-0.4, -0.2) is 5.91 Å². The highest BCUT2D eigenvalue weighted by atomic mass is 16.1. The van der Waals surface area contributed by atoms with Crippen LogP contribution in [0.2, 0.25) is 0 Å². The molecule has 0 aromatic rings. The minimum absolute atomic E-state index is 0.211. The number of rotatable bonds is 2. The number of primary amides is 1. The normalized spacial score (nSPS) is 17.8. The van der Waals surface area contributed by atoms with Gasteiger partial charge in [-0.3, -0.25) is 4.79 Å². The zero-order valence-electron chi connectivity index (χ0n) is 7.05. The van der Waals surface area contributed by atoms with Crippen LogP contribution >= 0.6 is 0 Å². The minimum Gasteiger partial charge on any atom is -0.369 e. The number of nitrogens with two attached hydrogens (primary N) is 1. The van der Waals surface area contributed by atoms with Gasteiger partial charge in [-0.2, -0.15) is 5.26 Å². The van der Waals surface area contributed by atoms with Crippen LogP contribution in [0.25, 0.3) is 0 Å². The second-order valence-electron chi connectivity index (χ2n) is 2.74. The van der Waals surface area contributed by atoms with E-state index >= 15 is 0 Å². The zero-order chi connectivity index (χ0) is 9.68. The molecule has 1 aliphatic carbocycles. The molecule has 0 fully saturated rings. The molecule has 1 atom stereocenters. The van der Waals surface area contributed by atoms with Gasteiger partial charge in [0.15, 0.2) is 0 Å². The van der Waals surface area contributed by atoms with E-state index in [4.69, 9.17) is 11.0 Å². The first-order valence-electron chi connectivity index (χ1n) is 3.96. The molecule has 3 heteroatoms. The highest BCUT2D eigenvalue weighted by Crippen LogP contribution is 2.16. The number of carbonyl (C=O) groups excluding carboxylic acids is 1. The Morgan fingerprint density at radius 3 is 2.23 bits per heavy atom. The molecule has 1 unspecified atom stereocenters. The van der Waals surface area contributed by atoms with E-state index in [-0.39, 0.29) is 5.92 Å². The molecule has 1 amide bonds. The van der Waals surface area contributed by atoms with E-state index in [1.165, 1.54) is 0 Å². The van der Waals surface area contributed by atoms with Gasteiger partial charge in [-0.1, -0.05) is 36.5 Å². The van der Waals surface area contributed by atoms with Crippen LogP contribution in [-0.2, 0) is 4.79 Å². The first-order valence-corrected chi connectivity index (χ1v) is 3.96. The molecule has 66 valence electrons. The lowest BCUT2D eigenvalue weighted by molar-refractivity contribution is -0.120. The van der Waals surface area contributed by atoms with Crippen molar-refractivity contribution in [3.8, 4) is 6.07 Å². The van der Waals surface area contributed by atoms with Gasteiger partial charge >= 0.3 is 0 Å². The predicted octanol–water partition coefficient (Wildman–Crippen LogP) is 0.910. The van der Waals surface area contributed by atoms with E-state index in [1.807, 2.05) is 18.2 Å². The first-order chi connectivity index (χ1) is 6.25. The largest absolute Gasteiger partial charge is 0.369 e. The van der Waals surface area contributed by atoms with Crippen LogP contribution in [0.3, 0.4) is 0 Å². The predicted molar refractivity (Wildman–Crippen MR) is 49.2 cm³/mol. The molecule has 0 heterocycles. The molecule has 0 aromatic carbocycles. The third-order valence-electron chi connectivity index (χ3n) is 1.83. The third-order valence-corrected chi connectivity index (χ3v) is 1.83. The fourth-order valence-corrected chi connectivity index (χ4v) is 1.14. The fraction of sp³-hybridized carbons (Fsp3) is 0.200. The van der Waals surface area contributed by atoms with Gasteiger partial charge < -0.3 is 5.73 Å². The van der Waals surface area contributed by atoms with Gasteiger partial charge in [0.2, 0.25) is 5.91 Å². The molecule has 2 N–H and O–H groups in total. The molecule has 0 aromatic heterocycles. The second-order valence-corrected chi connectivity index (χ2v) is 2.74. The lowest BCUT2D eigenvalue weighted by Crippen LogP contribution is -2.26. The molecule has 0 saturated carbocycles. The molecule has 0 bridgehead atoms. The van der Waals surface area contributed by atoms with Crippen LogP contribution in [0, 0.1) is 23.2 Å². The second kappa shape index (κ2) is 4.27. The lowest BCUT2D eigenvalue weighted by atomic mass is 9.92.